The first-order valence-electron chi connectivity index (χ1n) is 6.93. The molecule has 0 unspecified atom stereocenters. The summed E-state index contributed by atoms with van der Waals surface area (Å²) in [6.45, 7) is 0. The molecule has 0 bridgehead atoms. The summed E-state index contributed by atoms with van der Waals surface area (Å²) in [5.41, 5.74) is 1.89. The van der Waals surface area contributed by atoms with Crippen molar-refractivity contribution in [3.05, 3.63) is 60.3 Å². The van der Waals surface area contributed by atoms with E-state index in [0.717, 1.165) is 28.6 Å². The van der Waals surface area contributed by atoms with Gasteiger partial charge in [0.2, 0.25) is 0 Å². The predicted molar refractivity (Wildman–Crippen MR) is 81.8 cm³/mol. The number of pyridine rings is 1. The molecule has 0 atom stereocenters. The number of nitrogens with one attached hydrogen (secondary N) is 1. The number of benzene rings is 2. The maximum atomic E-state index is 12.9. The number of H-pyrrole nitrogens is 1. The molecule has 0 aliphatic carbocycles. The molecular formula is C17H10F3N3. The van der Waals surface area contributed by atoms with Crippen LogP contribution in [0.1, 0.15) is 5.56 Å². The Morgan fingerprint density at radius 1 is 0.913 bits per heavy atom. The third kappa shape index (κ3) is 2.32. The Balaban J connectivity index is 1.91. The van der Waals surface area contributed by atoms with Crippen molar-refractivity contribution in [2.24, 2.45) is 0 Å². The molecule has 4 aromatic rings. The zero-order valence-electron chi connectivity index (χ0n) is 11.7. The Bertz CT molecular complexity index is 1020. The third-order valence-electron chi connectivity index (χ3n) is 3.69. The van der Waals surface area contributed by atoms with Crippen LogP contribution in [0.5, 0.6) is 0 Å². The molecular weight excluding hydrogens is 303 g/mol. The van der Waals surface area contributed by atoms with Crippen molar-refractivity contribution in [1.82, 2.24) is 15.0 Å². The first-order chi connectivity index (χ1) is 11.0. The van der Waals surface area contributed by atoms with Crippen LogP contribution in [0.15, 0.2) is 54.7 Å². The maximum absolute atomic E-state index is 12.9. The third-order valence-corrected chi connectivity index (χ3v) is 3.69. The second kappa shape index (κ2) is 4.81. The van der Waals surface area contributed by atoms with Gasteiger partial charge in [0.15, 0.2) is 0 Å². The Morgan fingerprint density at radius 2 is 1.74 bits per heavy atom. The molecule has 3 nitrogen and oxygen atoms in total. The van der Waals surface area contributed by atoms with Gasteiger partial charge in [-0.2, -0.15) is 13.2 Å². The largest absolute Gasteiger partial charge is 0.416 e. The van der Waals surface area contributed by atoms with Crippen LogP contribution in [0.25, 0.3) is 33.3 Å². The van der Waals surface area contributed by atoms with E-state index in [0.29, 0.717) is 16.9 Å². The lowest BCUT2D eigenvalue weighted by Crippen LogP contribution is -2.04. The number of hydrogen-bond acceptors (Lipinski definition) is 2. The van der Waals surface area contributed by atoms with Crippen LogP contribution in [-0.4, -0.2) is 15.0 Å². The van der Waals surface area contributed by atoms with Gasteiger partial charge in [-0.3, -0.25) is 4.98 Å². The van der Waals surface area contributed by atoms with E-state index in [1.807, 2.05) is 24.3 Å². The lowest BCUT2D eigenvalue weighted by molar-refractivity contribution is -0.137. The van der Waals surface area contributed by atoms with Crippen molar-refractivity contribution in [1.29, 1.82) is 0 Å². The fourth-order valence-electron chi connectivity index (χ4n) is 2.59. The van der Waals surface area contributed by atoms with Crippen molar-refractivity contribution < 1.29 is 13.2 Å². The van der Waals surface area contributed by atoms with Gasteiger partial charge in [-0.1, -0.05) is 30.3 Å². The molecule has 6 heteroatoms. The van der Waals surface area contributed by atoms with E-state index in [-0.39, 0.29) is 0 Å². The molecule has 2 heterocycles. The summed E-state index contributed by atoms with van der Waals surface area (Å²) in [5, 5.41) is 0.885. The number of para-hydroxylation sites is 1. The fourth-order valence-corrected chi connectivity index (χ4v) is 2.59. The Hall–Kier alpha value is -2.89. The lowest BCUT2D eigenvalue weighted by Gasteiger charge is -2.07. The molecule has 114 valence electrons. The molecule has 0 aliphatic rings. The highest BCUT2D eigenvalue weighted by molar-refractivity contribution is 6.02. The van der Waals surface area contributed by atoms with E-state index in [4.69, 9.17) is 0 Å². The number of halogens is 3. The minimum absolute atomic E-state index is 0.389. The lowest BCUT2D eigenvalue weighted by atomic mass is 10.1. The summed E-state index contributed by atoms with van der Waals surface area (Å²) >= 11 is 0. The first kappa shape index (κ1) is 13.8. The minimum atomic E-state index is -4.38. The van der Waals surface area contributed by atoms with Crippen molar-refractivity contribution >= 4 is 21.9 Å². The average molecular weight is 313 g/mol. The summed E-state index contributed by atoms with van der Waals surface area (Å²) in [6, 6.07) is 12.7. The van der Waals surface area contributed by atoms with E-state index in [9.17, 15) is 13.2 Å². The molecule has 23 heavy (non-hydrogen) atoms. The zero-order valence-corrected chi connectivity index (χ0v) is 11.7. The highest BCUT2D eigenvalue weighted by Gasteiger charge is 2.30. The second-order valence-corrected chi connectivity index (χ2v) is 5.20. The van der Waals surface area contributed by atoms with Crippen LogP contribution in [0.3, 0.4) is 0 Å². The van der Waals surface area contributed by atoms with Gasteiger partial charge >= 0.3 is 6.18 Å². The van der Waals surface area contributed by atoms with Gasteiger partial charge in [0, 0.05) is 10.9 Å². The summed E-state index contributed by atoms with van der Waals surface area (Å²) in [6.07, 6.45) is -2.76. The highest BCUT2D eigenvalue weighted by atomic mass is 19.4. The van der Waals surface area contributed by atoms with Gasteiger partial charge in [-0.25, -0.2) is 4.98 Å². The molecule has 2 aromatic heterocycles. The standard InChI is InChI=1S/C17H10F3N3/c18-17(19,20)11-5-3-4-10(8-11)16-22-14-9-21-13-7-2-1-6-12(13)15(14)23-16/h1-9H,(H,22,23). The van der Waals surface area contributed by atoms with E-state index in [1.165, 1.54) is 6.07 Å². The number of alkyl halides is 3. The molecule has 1 N–H and O–H groups in total. The molecule has 0 spiro atoms. The van der Waals surface area contributed by atoms with Crippen molar-refractivity contribution in [3.8, 4) is 11.4 Å². The molecule has 0 amide bonds. The Kier molecular flexibility index (Phi) is 2.87. The number of fused-ring (bicyclic) bond motifs is 3. The number of nitrogens with zero attached hydrogens (tertiary/aromatic N) is 2. The molecule has 0 radical (unpaired) electrons. The molecule has 2 aromatic carbocycles. The van der Waals surface area contributed by atoms with E-state index in [2.05, 4.69) is 15.0 Å². The Morgan fingerprint density at radius 3 is 2.57 bits per heavy atom. The summed E-state index contributed by atoms with van der Waals surface area (Å²) in [7, 11) is 0. The molecule has 0 aliphatic heterocycles. The van der Waals surface area contributed by atoms with Gasteiger partial charge in [-0.15, -0.1) is 0 Å². The first-order valence-corrected chi connectivity index (χ1v) is 6.93. The quantitative estimate of drug-likeness (QED) is 0.548. The van der Waals surface area contributed by atoms with Gasteiger partial charge in [0.05, 0.1) is 22.8 Å². The van der Waals surface area contributed by atoms with Gasteiger partial charge in [0.25, 0.3) is 0 Å². The molecule has 0 saturated heterocycles. The summed E-state index contributed by atoms with van der Waals surface area (Å²) in [4.78, 5) is 11.8. The van der Waals surface area contributed by atoms with Crippen LogP contribution in [-0.2, 0) is 6.18 Å². The number of imidazole rings is 1. The summed E-state index contributed by atoms with van der Waals surface area (Å²) in [5.74, 6) is 0.393. The van der Waals surface area contributed by atoms with E-state index in [1.54, 1.807) is 12.3 Å². The number of hydrogen-bond donors (Lipinski definition) is 1. The van der Waals surface area contributed by atoms with Crippen LogP contribution >= 0.6 is 0 Å². The van der Waals surface area contributed by atoms with Crippen LogP contribution in [0.4, 0.5) is 13.2 Å². The molecule has 0 fully saturated rings. The van der Waals surface area contributed by atoms with Crippen LogP contribution in [0, 0.1) is 0 Å². The minimum Gasteiger partial charge on any atom is -0.337 e. The maximum Gasteiger partial charge on any atom is 0.416 e. The van der Waals surface area contributed by atoms with Crippen molar-refractivity contribution in [2.75, 3.05) is 0 Å². The van der Waals surface area contributed by atoms with Gasteiger partial charge in [0.1, 0.15) is 11.3 Å². The second-order valence-electron chi connectivity index (χ2n) is 5.20. The van der Waals surface area contributed by atoms with Gasteiger partial charge < -0.3 is 4.98 Å². The van der Waals surface area contributed by atoms with Crippen LogP contribution < -0.4 is 0 Å². The van der Waals surface area contributed by atoms with Crippen molar-refractivity contribution in [2.45, 2.75) is 6.18 Å². The topological polar surface area (TPSA) is 41.6 Å². The van der Waals surface area contributed by atoms with Crippen molar-refractivity contribution in [3.63, 3.8) is 0 Å². The average Bonchev–Trinajstić information content (AvgIpc) is 2.99. The van der Waals surface area contributed by atoms with E-state index < -0.39 is 11.7 Å². The van der Waals surface area contributed by atoms with Gasteiger partial charge in [-0.05, 0) is 18.2 Å². The number of aromatic amines is 1. The van der Waals surface area contributed by atoms with Crippen LogP contribution in [0.2, 0.25) is 0 Å². The Labute approximate surface area is 128 Å². The highest BCUT2D eigenvalue weighted by Crippen LogP contribution is 2.32. The number of rotatable bonds is 1. The number of aromatic nitrogens is 3. The summed E-state index contributed by atoms with van der Waals surface area (Å²) < 4.78 is 38.6. The molecule has 4 rings (SSSR count). The predicted octanol–water partition coefficient (Wildman–Crippen LogP) is 4.80. The monoisotopic (exact) mass is 313 g/mol. The zero-order chi connectivity index (χ0) is 16.0. The molecule has 0 saturated carbocycles. The normalized spacial score (nSPS) is 12.1. The van der Waals surface area contributed by atoms with E-state index >= 15 is 0 Å². The smallest absolute Gasteiger partial charge is 0.337 e. The SMILES string of the molecule is FC(F)(F)c1cccc(-c2nc3cnc4ccccc4c3[nH]2)c1. The fraction of sp³-hybridized carbons (Fsp3) is 0.0588.